The van der Waals surface area contributed by atoms with Gasteiger partial charge in [0, 0.05) is 23.2 Å². The Kier molecular flexibility index (Phi) is 6.05. The van der Waals surface area contributed by atoms with Crippen LogP contribution in [0.5, 0.6) is 0 Å². The van der Waals surface area contributed by atoms with Crippen molar-refractivity contribution < 1.29 is 31.5 Å². The lowest BCUT2D eigenvalue weighted by Gasteiger charge is -2.45. The van der Waals surface area contributed by atoms with Crippen LogP contribution in [0.15, 0.2) is 27.6 Å². The fourth-order valence-corrected chi connectivity index (χ4v) is 6.30. The smallest absolute Gasteiger partial charge is 0.446 e. The van der Waals surface area contributed by atoms with E-state index < -0.39 is 34.4 Å². The molecular formula is C20H20F4N6O3S2. The number of benzene rings is 1. The number of piperidine rings is 1. The summed E-state index contributed by atoms with van der Waals surface area (Å²) in [6.07, 6.45) is -1.12. The standard InChI is InChI=1S/C20H20F4N6O3S2/c1-30(32)6-5-11(10(21)8-30)26-12-4-2-3-9-14(12)34-16(15(9)35-20(22,23)24)17-28-18(33-29-17)13-7-25-19(31)27-13/h2-4,10-11,13,26H,5-8H2,1H3,(H2,25,27,31)/t10-,11+,13+,30?/m0/s1. The molecule has 0 radical (unpaired) electrons. The molecule has 3 aromatic rings. The van der Waals surface area contributed by atoms with Crippen molar-refractivity contribution in [3.63, 3.8) is 0 Å². The maximum atomic E-state index is 14.7. The van der Waals surface area contributed by atoms with Crippen molar-refractivity contribution >= 4 is 44.9 Å². The number of anilines is 1. The van der Waals surface area contributed by atoms with E-state index in [1.807, 2.05) is 0 Å². The molecule has 9 nitrogen and oxygen atoms in total. The number of quaternary nitrogens is 1. The number of thiophene rings is 1. The molecule has 0 spiro atoms. The topological polar surface area (TPSA) is 115 Å². The number of likely N-dealkylation sites (tertiary alicyclic amines) is 1. The zero-order valence-electron chi connectivity index (χ0n) is 18.2. The molecule has 2 aromatic heterocycles. The van der Waals surface area contributed by atoms with Gasteiger partial charge in [-0.2, -0.15) is 18.2 Å². The zero-order chi connectivity index (χ0) is 25.0. The van der Waals surface area contributed by atoms with E-state index in [9.17, 15) is 27.6 Å². The molecule has 0 aliphatic carbocycles. The Labute approximate surface area is 204 Å². The highest BCUT2D eigenvalue weighted by molar-refractivity contribution is 8.00. The molecule has 2 amide bonds. The van der Waals surface area contributed by atoms with E-state index in [-0.39, 0.29) is 59.3 Å². The van der Waals surface area contributed by atoms with E-state index in [4.69, 9.17) is 4.52 Å². The number of aromatic nitrogens is 2. The van der Waals surface area contributed by atoms with E-state index in [1.165, 1.54) is 7.05 Å². The molecule has 2 aliphatic rings. The van der Waals surface area contributed by atoms with E-state index in [1.54, 1.807) is 18.2 Å². The Hall–Kier alpha value is -2.62. The van der Waals surface area contributed by atoms with Gasteiger partial charge in [0.1, 0.15) is 12.6 Å². The molecule has 35 heavy (non-hydrogen) atoms. The second kappa shape index (κ2) is 8.80. The highest BCUT2D eigenvalue weighted by atomic mass is 32.2. The number of rotatable bonds is 5. The summed E-state index contributed by atoms with van der Waals surface area (Å²) in [5.41, 5.74) is -4.11. The minimum Gasteiger partial charge on any atom is -0.633 e. The molecule has 1 unspecified atom stereocenters. The molecule has 188 valence electrons. The van der Waals surface area contributed by atoms with Gasteiger partial charge in [0.2, 0.25) is 5.82 Å². The van der Waals surface area contributed by atoms with Crippen molar-refractivity contribution in [2.75, 3.05) is 32.0 Å². The van der Waals surface area contributed by atoms with Crippen LogP contribution in [0, 0.1) is 5.21 Å². The minimum absolute atomic E-state index is 0.0412. The molecule has 5 rings (SSSR count). The van der Waals surface area contributed by atoms with E-state index in [0.717, 1.165) is 11.3 Å². The molecular weight excluding hydrogens is 512 g/mol. The lowest BCUT2D eigenvalue weighted by molar-refractivity contribution is -0.868. The summed E-state index contributed by atoms with van der Waals surface area (Å²) in [5, 5.41) is 24.5. The first-order valence-corrected chi connectivity index (χ1v) is 12.3. The number of alkyl halides is 4. The van der Waals surface area contributed by atoms with Gasteiger partial charge in [0.25, 0.3) is 5.89 Å². The summed E-state index contributed by atoms with van der Waals surface area (Å²) in [6, 6.07) is 3.17. The van der Waals surface area contributed by atoms with Gasteiger partial charge in [-0.25, -0.2) is 9.18 Å². The summed E-state index contributed by atoms with van der Waals surface area (Å²) < 4.78 is 60.2. The molecule has 1 aromatic carbocycles. The van der Waals surface area contributed by atoms with Crippen LogP contribution >= 0.6 is 23.1 Å². The van der Waals surface area contributed by atoms with Crippen molar-refractivity contribution in [1.29, 1.82) is 0 Å². The number of thioether (sulfide) groups is 1. The molecule has 2 fully saturated rings. The molecule has 4 heterocycles. The molecule has 0 saturated carbocycles. The number of nitrogens with zero attached hydrogens (tertiary/aromatic N) is 3. The molecule has 4 atom stereocenters. The van der Waals surface area contributed by atoms with Gasteiger partial charge in [-0.1, -0.05) is 17.3 Å². The fourth-order valence-electron chi connectivity index (χ4n) is 4.19. The highest BCUT2D eigenvalue weighted by Gasteiger charge is 2.36. The summed E-state index contributed by atoms with van der Waals surface area (Å²) in [5.74, 6) is 0.0267. The number of nitrogens with one attached hydrogen (secondary N) is 3. The molecule has 0 bridgehead atoms. The lowest BCUT2D eigenvalue weighted by Crippen LogP contribution is -2.54. The van der Waals surface area contributed by atoms with Crippen LogP contribution in [0.2, 0.25) is 0 Å². The average molecular weight is 533 g/mol. The van der Waals surface area contributed by atoms with E-state index >= 15 is 0 Å². The Balaban J connectivity index is 1.52. The number of hydrogen-bond acceptors (Lipinski definition) is 8. The van der Waals surface area contributed by atoms with Gasteiger partial charge in [0.05, 0.1) is 34.9 Å². The molecule has 2 saturated heterocycles. The summed E-state index contributed by atoms with van der Waals surface area (Å²) >= 11 is 0.747. The first kappa shape index (κ1) is 24.1. The monoisotopic (exact) mass is 532 g/mol. The van der Waals surface area contributed by atoms with E-state index in [0.29, 0.717) is 15.8 Å². The van der Waals surface area contributed by atoms with Crippen molar-refractivity contribution in [1.82, 2.24) is 20.8 Å². The summed E-state index contributed by atoms with van der Waals surface area (Å²) in [6.45, 7) is 0.242. The Bertz CT molecular complexity index is 1260. The third-order valence-electron chi connectivity index (χ3n) is 5.85. The third-order valence-corrected chi connectivity index (χ3v) is 8.08. The largest absolute Gasteiger partial charge is 0.633 e. The number of hydroxylamine groups is 3. The maximum absolute atomic E-state index is 14.7. The zero-order valence-corrected chi connectivity index (χ0v) is 19.8. The number of urea groups is 1. The minimum atomic E-state index is -4.58. The van der Waals surface area contributed by atoms with Crippen LogP contribution in [0.1, 0.15) is 18.4 Å². The maximum Gasteiger partial charge on any atom is 0.446 e. The second-order valence-corrected chi connectivity index (χ2v) is 10.7. The number of carbonyl (C=O) groups excluding carboxylic acids is 1. The SMILES string of the molecule is C[N+]1([O-])CC[C@@H](Nc2cccc3c(SC(F)(F)F)c(-c4noc([C@H]5CNC(=O)N5)n4)sc23)[C@@H](F)C1. The van der Waals surface area contributed by atoms with E-state index in [2.05, 4.69) is 26.1 Å². The van der Waals surface area contributed by atoms with Gasteiger partial charge >= 0.3 is 11.5 Å². The summed E-state index contributed by atoms with van der Waals surface area (Å²) in [7, 11) is 1.42. The first-order chi connectivity index (χ1) is 16.5. The van der Waals surface area contributed by atoms with Crippen LogP contribution in [-0.4, -0.2) is 65.2 Å². The van der Waals surface area contributed by atoms with Crippen molar-refractivity contribution in [2.24, 2.45) is 0 Å². The van der Waals surface area contributed by atoms with Gasteiger partial charge in [-0.05, 0) is 17.8 Å². The normalized spacial score (nSPS) is 27.1. The lowest BCUT2D eigenvalue weighted by atomic mass is 10.0. The van der Waals surface area contributed by atoms with Crippen molar-refractivity contribution in [3.8, 4) is 10.7 Å². The molecule has 3 N–H and O–H groups in total. The van der Waals surface area contributed by atoms with Gasteiger partial charge < -0.3 is 30.3 Å². The second-order valence-electron chi connectivity index (χ2n) is 8.61. The Morgan fingerprint density at radius 1 is 1.37 bits per heavy atom. The number of fused-ring (bicyclic) bond motifs is 1. The van der Waals surface area contributed by atoms with Crippen LogP contribution in [0.3, 0.4) is 0 Å². The van der Waals surface area contributed by atoms with Crippen LogP contribution in [0.4, 0.5) is 28.0 Å². The Morgan fingerprint density at radius 2 is 2.17 bits per heavy atom. The quantitative estimate of drug-likeness (QED) is 0.193. The summed E-state index contributed by atoms with van der Waals surface area (Å²) in [4.78, 5) is 15.7. The van der Waals surface area contributed by atoms with Crippen LogP contribution in [-0.2, 0) is 0 Å². The Morgan fingerprint density at radius 3 is 2.86 bits per heavy atom. The molecule has 2 aliphatic heterocycles. The number of amides is 2. The van der Waals surface area contributed by atoms with Crippen LogP contribution in [0.25, 0.3) is 20.8 Å². The predicted octanol–water partition coefficient (Wildman–Crippen LogP) is 4.38. The van der Waals surface area contributed by atoms with Crippen molar-refractivity contribution in [2.45, 2.75) is 35.1 Å². The van der Waals surface area contributed by atoms with Gasteiger partial charge in [0.15, 0.2) is 6.17 Å². The number of hydrogen-bond donors (Lipinski definition) is 3. The average Bonchev–Trinajstić information content (AvgIpc) is 3.48. The third kappa shape index (κ3) is 5.03. The predicted molar refractivity (Wildman–Crippen MR) is 123 cm³/mol. The van der Waals surface area contributed by atoms with Gasteiger partial charge in [-0.15, -0.1) is 11.3 Å². The van der Waals surface area contributed by atoms with Crippen molar-refractivity contribution in [3.05, 3.63) is 29.3 Å². The highest BCUT2D eigenvalue weighted by Crippen LogP contribution is 2.50. The fraction of sp³-hybridized carbons (Fsp3) is 0.450. The van der Waals surface area contributed by atoms with Gasteiger partial charge in [-0.3, -0.25) is 0 Å². The molecule has 15 heteroatoms. The number of carbonyl (C=O) groups is 1. The first-order valence-electron chi connectivity index (χ1n) is 10.6. The van der Waals surface area contributed by atoms with Crippen LogP contribution < -0.4 is 16.0 Å². The number of halogens is 4.